The third-order valence-corrected chi connectivity index (χ3v) is 4.64. The molecule has 0 aliphatic carbocycles. The summed E-state index contributed by atoms with van der Waals surface area (Å²) < 4.78 is 5.35. The minimum absolute atomic E-state index is 0.0711. The Bertz CT molecular complexity index is 1320. The molecule has 9 heteroatoms. The maximum Gasteiger partial charge on any atom is 0.269 e. The monoisotopic (exact) mass is 399 g/mol. The van der Waals surface area contributed by atoms with Crippen molar-refractivity contribution in [3.05, 3.63) is 53.9 Å². The van der Waals surface area contributed by atoms with Crippen molar-refractivity contribution in [3.63, 3.8) is 0 Å². The number of primary amides is 1. The lowest BCUT2D eigenvalue weighted by atomic mass is 9.99. The number of nitrogens with two attached hydrogens (primary N) is 2. The number of nitrogens with zero attached hydrogens (tertiary/aromatic N) is 4. The van der Waals surface area contributed by atoms with Crippen LogP contribution in [-0.4, -0.2) is 32.7 Å². The average Bonchev–Trinajstić information content (AvgIpc) is 3.21. The third-order valence-electron chi connectivity index (χ3n) is 4.64. The van der Waals surface area contributed by atoms with Crippen LogP contribution < -0.4 is 16.2 Å². The number of amides is 1. The molecule has 2 aromatic heterocycles. The number of anilines is 1. The molecule has 0 spiro atoms. The van der Waals surface area contributed by atoms with Crippen molar-refractivity contribution < 1.29 is 9.53 Å². The summed E-state index contributed by atoms with van der Waals surface area (Å²) in [7, 11) is 0. The lowest BCUT2D eigenvalue weighted by Crippen LogP contribution is -2.18. The first-order chi connectivity index (χ1) is 14.5. The molecule has 4 aromatic rings. The third kappa shape index (κ3) is 3.27. The minimum atomic E-state index is -0.758. The number of hydrogen-bond acceptors (Lipinski definition) is 7. The van der Waals surface area contributed by atoms with Gasteiger partial charge < -0.3 is 16.2 Å². The molecule has 5 N–H and O–H groups in total. The van der Waals surface area contributed by atoms with Gasteiger partial charge in [0, 0.05) is 16.5 Å². The number of rotatable bonds is 5. The molecule has 0 saturated heterocycles. The summed E-state index contributed by atoms with van der Waals surface area (Å²) in [4.78, 5) is 21.0. The van der Waals surface area contributed by atoms with Gasteiger partial charge in [-0.15, -0.1) is 0 Å². The maximum absolute atomic E-state index is 12.1. The molecule has 0 saturated carbocycles. The number of nitrogen functional groups attached to an aromatic ring is 1. The maximum atomic E-state index is 12.1. The van der Waals surface area contributed by atoms with E-state index in [0.717, 1.165) is 22.0 Å². The van der Waals surface area contributed by atoms with Crippen molar-refractivity contribution in [2.45, 2.75) is 6.92 Å². The highest BCUT2D eigenvalue weighted by atomic mass is 16.5. The van der Waals surface area contributed by atoms with Gasteiger partial charge in [-0.2, -0.15) is 10.4 Å². The summed E-state index contributed by atoms with van der Waals surface area (Å²) in [6, 6.07) is 12.6. The van der Waals surface area contributed by atoms with E-state index in [-0.39, 0.29) is 23.8 Å². The van der Waals surface area contributed by atoms with Gasteiger partial charge in [0.25, 0.3) is 5.91 Å². The van der Waals surface area contributed by atoms with Gasteiger partial charge in [0.05, 0.1) is 23.1 Å². The Morgan fingerprint density at radius 3 is 2.87 bits per heavy atom. The molecule has 0 aliphatic rings. The molecule has 1 amide bonds. The van der Waals surface area contributed by atoms with Gasteiger partial charge in [-0.3, -0.25) is 9.89 Å². The second kappa shape index (κ2) is 7.52. The molecule has 9 nitrogen and oxygen atoms in total. The number of benzene rings is 2. The van der Waals surface area contributed by atoms with E-state index in [1.165, 1.54) is 0 Å². The number of ether oxygens (including phenoxy) is 1. The van der Waals surface area contributed by atoms with E-state index in [1.54, 1.807) is 30.5 Å². The van der Waals surface area contributed by atoms with Gasteiger partial charge >= 0.3 is 0 Å². The predicted molar refractivity (Wildman–Crippen MR) is 111 cm³/mol. The molecule has 0 radical (unpaired) electrons. The number of aromatic amines is 1. The summed E-state index contributed by atoms with van der Waals surface area (Å²) in [5.41, 5.74) is 15.3. The van der Waals surface area contributed by atoms with Gasteiger partial charge in [0.1, 0.15) is 11.8 Å². The fraction of sp³-hybridized carbons (Fsp3) is 0.0952. The highest BCUT2D eigenvalue weighted by molar-refractivity contribution is 6.04. The van der Waals surface area contributed by atoms with Crippen molar-refractivity contribution in [3.8, 4) is 34.5 Å². The molecule has 0 fully saturated rings. The fourth-order valence-corrected chi connectivity index (χ4v) is 3.26. The van der Waals surface area contributed by atoms with Gasteiger partial charge in [0.2, 0.25) is 0 Å². The zero-order chi connectivity index (χ0) is 21.3. The van der Waals surface area contributed by atoms with Crippen LogP contribution in [0.3, 0.4) is 0 Å². The van der Waals surface area contributed by atoms with Crippen LogP contribution in [0.15, 0.2) is 42.6 Å². The molecule has 0 atom stereocenters. The topological polar surface area (TPSA) is 157 Å². The molecule has 30 heavy (non-hydrogen) atoms. The lowest BCUT2D eigenvalue weighted by molar-refractivity contribution is 0.0996. The van der Waals surface area contributed by atoms with Crippen LogP contribution in [0.2, 0.25) is 0 Å². The summed E-state index contributed by atoms with van der Waals surface area (Å²) in [6.07, 6.45) is 1.68. The smallest absolute Gasteiger partial charge is 0.269 e. The Balaban J connectivity index is 1.96. The Morgan fingerprint density at radius 1 is 1.27 bits per heavy atom. The molecular formula is C21H17N7O2. The average molecular weight is 399 g/mol. The van der Waals surface area contributed by atoms with Crippen LogP contribution in [0.4, 0.5) is 5.69 Å². The molecule has 0 bridgehead atoms. The lowest BCUT2D eigenvalue weighted by Gasteiger charge is -2.14. The molecule has 2 heterocycles. The summed E-state index contributed by atoms with van der Waals surface area (Å²) in [6.45, 7) is 1.83. The molecule has 2 aromatic carbocycles. The first-order valence-corrected chi connectivity index (χ1v) is 9.00. The van der Waals surface area contributed by atoms with Crippen LogP contribution in [0, 0.1) is 18.3 Å². The van der Waals surface area contributed by atoms with E-state index in [0.29, 0.717) is 17.0 Å². The number of carbonyl (C=O) groups is 1. The van der Waals surface area contributed by atoms with Crippen LogP contribution in [0.5, 0.6) is 5.75 Å². The number of H-pyrrole nitrogens is 1. The Hall–Kier alpha value is -4.45. The first kappa shape index (κ1) is 18.9. The zero-order valence-electron chi connectivity index (χ0n) is 16.0. The SMILES string of the molecule is Cc1ccc2[nH]ncc2c1-c1nc(-c2cccc(OCC#N)c2)nc(C(N)=O)c1N. The number of hydrogen-bond donors (Lipinski definition) is 3. The predicted octanol–water partition coefficient (Wildman–Crippen LogP) is 2.58. The molecule has 0 unspecified atom stereocenters. The Kier molecular flexibility index (Phi) is 4.74. The van der Waals surface area contributed by atoms with E-state index in [2.05, 4.69) is 20.2 Å². The second-order valence-corrected chi connectivity index (χ2v) is 6.59. The number of aromatic nitrogens is 4. The Morgan fingerprint density at radius 2 is 2.10 bits per heavy atom. The van der Waals surface area contributed by atoms with E-state index in [1.807, 2.05) is 25.1 Å². The van der Waals surface area contributed by atoms with Gasteiger partial charge in [-0.05, 0) is 30.7 Å². The summed E-state index contributed by atoms with van der Waals surface area (Å²) >= 11 is 0. The highest BCUT2D eigenvalue weighted by Gasteiger charge is 2.21. The molecule has 0 aliphatic heterocycles. The van der Waals surface area contributed by atoms with Gasteiger partial charge in [0.15, 0.2) is 18.1 Å². The first-order valence-electron chi connectivity index (χ1n) is 9.00. The highest BCUT2D eigenvalue weighted by Crippen LogP contribution is 2.36. The number of nitrogens with one attached hydrogen (secondary N) is 1. The van der Waals surface area contributed by atoms with Crippen LogP contribution >= 0.6 is 0 Å². The molecule has 4 rings (SSSR count). The van der Waals surface area contributed by atoms with E-state index in [4.69, 9.17) is 21.5 Å². The number of fused-ring (bicyclic) bond motifs is 1. The van der Waals surface area contributed by atoms with Crippen LogP contribution in [0.25, 0.3) is 33.5 Å². The fourth-order valence-electron chi connectivity index (χ4n) is 3.26. The van der Waals surface area contributed by atoms with Crippen molar-refractivity contribution >= 4 is 22.5 Å². The van der Waals surface area contributed by atoms with Gasteiger partial charge in [-0.25, -0.2) is 9.97 Å². The quantitative estimate of drug-likeness (QED) is 0.465. The second-order valence-electron chi connectivity index (χ2n) is 6.59. The molecular weight excluding hydrogens is 382 g/mol. The van der Waals surface area contributed by atoms with Crippen LogP contribution in [0.1, 0.15) is 16.1 Å². The number of nitriles is 1. The van der Waals surface area contributed by atoms with Crippen molar-refractivity contribution in [2.24, 2.45) is 5.73 Å². The number of carbonyl (C=O) groups excluding carboxylic acids is 1. The Labute approximate surface area is 171 Å². The summed E-state index contributed by atoms with van der Waals surface area (Å²) in [5.74, 6) is -0.0219. The van der Waals surface area contributed by atoms with Crippen LogP contribution in [-0.2, 0) is 0 Å². The molecule has 148 valence electrons. The zero-order valence-corrected chi connectivity index (χ0v) is 16.0. The van der Waals surface area contributed by atoms with E-state index in [9.17, 15) is 4.79 Å². The minimum Gasteiger partial charge on any atom is -0.479 e. The van der Waals surface area contributed by atoms with Crippen molar-refractivity contribution in [1.29, 1.82) is 5.26 Å². The van der Waals surface area contributed by atoms with Gasteiger partial charge in [-0.1, -0.05) is 18.2 Å². The number of aryl methyl sites for hydroxylation is 1. The standard InChI is InChI=1S/C21H17N7O2/c1-11-5-6-15-14(10-25-28-15)16(11)18-17(23)19(20(24)29)27-21(26-18)12-3-2-4-13(9-12)30-8-7-22/h2-6,9-10H,8,23H2,1H3,(H2,24,29)(H,25,28). The van der Waals surface area contributed by atoms with E-state index < -0.39 is 5.91 Å². The largest absolute Gasteiger partial charge is 0.479 e. The van der Waals surface area contributed by atoms with Crippen molar-refractivity contribution in [2.75, 3.05) is 12.3 Å². The summed E-state index contributed by atoms with van der Waals surface area (Å²) in [5, 5.41) is 16.6. The van der Waals surface area contributed by atoms with E-state index >= 15 is 0 Å². The normalized spacial score (nSPS) is 10.7. The van der Waals surface area contributed by atoms with Crippen molar-refractivity contribution in [1.82, 2.24) is 20.2 Å².